The van der Waals surface area contributed by atoms with Crippen molar-refractivity contribution in [3.05, 3.63) is 35.9 Å². The number of alkyl carbamates (subject to hydrolysis) is 2. The summed E-state index contributed by atoms with van der Waals surface area (Å²) in [6.07, 6.45) is -4.20. The first-order valence-corrected chi connectivity index (χ1v) is 14.4. The van der Waals surface area contributed by atoms with Gasteiger partial charge in [-0.1, -0.05) is 30.3 Å². The number of amides is 5. The molecule has 0 bridgehead atoms. The molecular weight excluding hydrogens is 574 g/mol. The van der Waals surface area contributed by atoms with E-state index >= 15 is 0 Å². The van der Waals surface area contributed by atoms with Gasteiger partial charge in [0.2, 0.25) is 5.91 Å². The first-order valence-electron chi connectivity index (χ1n) is 14.4. The average molecular weight is 624 g/mol. The maximum absolute atomic E-state index is 13.6. The van der Waals surface area contributed by atoms with Crippen molar-refractivity contribution in [1.82, 2.24) is 25.8 Å². The van der Waals surface area contributed by atoms with Gasteiger partial charge >= 0.3 is 24.4 Å². The highest BCUT2D eigenvalue weighted by atomic mass is 16.6. The van der Waals surface area contributed by atoms with E-state index in [4.69, 9.17) is 9.47 Å². The molecule has 0 aliphatic rings. The van der Waals surface area contributed by atoms with Crippen LogP contribution in [0, 0.1) is 0 Å². The zero-order valence-corrected chi connectivity index (χ0v) is 27.2. The molecule has 0 aromatic heterocycles. The van der Waals surface area contributed by atoms with E-state index in [9.17, 15) is 34.2 Å². The standard InChI is InChI=1S/C30H49N5O9/c1-28(2,3)34(26(39)40)17-21(18-35(27(41)42)29(4,5)6)32-23(36)22(33-25(38)44-30(7,8)9)15-16-31-24(37)43-19-20-13-11-10-12-14-20/h10-14,21-22H,15-19H2,1-9H3,(H,31,37)(H,32,36)(H,33,38)(H,39,40)(H,41,42)/t22-/m0/s1. The molecule has 1 aromatic carbocycles. The van der Waals surface area contributed by atoms with Crippen LogP contribution in [0.25, 0.3) is 0 Å². The Labute approximate surface area is 259 Å². The van der Waals surface area contributed by atoms with E-state index < -0.39 is 59.0 Å². The highest BCUT2D eigenvalue weighted by Crippen LogP contribution is 2.18. The summed E-state index contributed by atoms with van der Waals surface area (Å²) in [6.45, 7) is 14.5. The van der Waals surface area contributed by atoms with E-state index in [2.05, 4.69) is 16.0 Å². The number of hydrogen-bond donors (Lipinski definition) is 5. The van der Waals surface area contributed by atoms with Crippen LogP contribution in [-0.4, -0.2) is 98.7 Å². The molecule has 0 spiro atoms. The number of nitrogens with zero attached hydrogens (tertiary/aromatic N) is 2. The number of carbonyl (C=O) groups is 5. The highest BCUT2D eigenvalue weighted by molar-refractivity contribution is 5.86. The minimum Gasteiger partial charge on any atom is -0.465 e. The molecule has 0 aliphatic heterocycles. The maximum Gasteiger partial charge on any atom is 0.408 e. The van der Waals surface area contributed by atoms with Gasteiger partial charge in [-0.3, -0.25) is 4.79 Å². The monoisotopic (exact) mass is 623 g/mol. The minimum absolute atomic E-state index is 0.0378. The molecule has 0 unspecified atom stereocenters. The molecule has 14 nitrogen and oxygen atoms in total. The second-order valence-electron chi connectivity index (χ2n) is 13.3. The van der Waals surface area contributed by atoms with Crippen LogP contribution in [-0.2, 0) is 20.9 Å². The summed E-state index contributed by atoms with van der Waals surface area (Å²) >= 11 is 0. The third-order valence-electron chi connectivity index (χ3n) is 6.16. The lowest BCUT2D eigenvalue weighted by molar-refractivity contribution is -0.124. The van der Waals surface area contributed by atoms with Crippen LogP contribution in [0.15, 0.2) is 30.3 Å². The molecule has 5 N–H and O–H groups in total. The third kappa shape index (κ3) is 14.3. The average Bonchev–Trinajstić information content (AvgIpc) is 2.85. The summed E-state index contributed by atoms with van der Waals surface area (Å²) in [5, 5.41) is 27.5. The summed E-state index contributed by atoms with van der Waals surface area (Å²) in [5.74, 6) is -0.723. The molecule has 0 fully saturated rings. The molecule has 1 atom stereocenters. The summed E-state index contributed by atoms with van der Waals surface area (Å²) in [7, 11) is 0. The molecule has 0 saturated heterocycles. The van der Waals surface area contributed by atoms with Crippen LogP contribution in [0.5, 0.6) is 0 Å². The fraction of sp³-hybridized carbons (Fsp3) is 0.633. The van der Waals surface area contributed by atoms with E-state index in [1.54, 1.807) is 74.4 Å². The maximum atomic E-state index is 13.6. The molecule has 44 heavy (non-hydrogen) atoms. The largest absolute Gasteiger partial charge is 0.465 e. The van der Waals surface area contributed by atoms with Crippen molar-refractivity contribution in [3.8, 4) is 0 Å². The molecule has 0 saturated carbocycles. The smallest absolute Gasteiger partial charge is 0.408 e. The van der Waals surface area contributed by atoms with Crippen LogP contribution in [0.3, 0.4) is 0 Å². The Morgan fingerprint density at radius 3 is 1.70 bits per heavy atom. The predicted molar refractivity (Wildman–Crippen MR) is 163 cm³/mol. The summed E-state index contributed by atoms with van der Waals surface area (Å²) in [4.78, 5) is 64.8. The van der Waals surface area contributed by atoms with Gasteiger partial charge in [0.1, 0.15) is 18.2 Å². The van der Waals surface area contributed by atoms with Crippen LogP contribution in [0.1, 0.15) is 74.3 Å². The number of carbonyl (C=O) groups excluding carboxylic acids is 3. The Bertz CT molecular complexity index is 1090. The molecule has 0 radical (unpaired) electrons. The van der Waals surface area contributed by atoms with Crippen LogP contribution < -0.4 is 16.0 Å². The quantitative estimate of drug-likeness (QED) is 0.227. The molecule has 5 amide bonds. The Balaban J connectivity index is 3.17. The van der Waals surface area contributed by atoms with Gasteiger partial charge in [0.05, 0.1) is 6.04 Å². The minimum atomic E-state index is -1.25. The summed E-state index contributed by atoms with van der Waals surface area (Å²) < 4.78 is 10.5. The second-order valence-corrected chi connectivity index (χ2v) is 13.3. The van der Waals surface area contributed by atoms with Crippen LogP contribution >= 0.6 is 0 Å². The van der Waals surface area contributed by atoms with Gasteiger partial charge in [0.15, 0.2) is 0 Å². The number of carboxylic acid groups (broad SMARTS) is 2. The first kappa shape index (κ1) is 37.8. The fourth-order valence-electron chi connectivity index (χ4n) is 3.98. The number of hydrogen-bond acceptors (Lipinski definition) is 7. The Kier molecular flexibility index (Phi) is 13.8. The zero-order valence-electron chi connectivity index (χ0n) is 27.2. The van der Waals surface area contributed by atoms with Crippen molar-refractivity contribution in [3.63, 3.8) is 0 Å². The van der Waals surface area contributed by atoms with Crippen molar-refractivity contribution in [2.45, 2.75) is 104 Å². The van der Waals surface area contributed by atoms with Gasteiger partial charge in [-0.2, -0.15) is 0 Å². The lowest BCUT2D eigenvalue weighted by Gasteiger charge is -2.40. The van der Waals surface area contributed by atoms with Gasteiger partial charge < -0.3 is 45.4 Å². The van der Waals surface area contributed by atoms with Crippen molar-refractivity contribution in [2.75, 3.05) is 19.6 Å². The number of benzene rings is 1. The lowest BCUT2D eigenvalue weighted by atomic mass is 10.0. The Hall–Kier alpha value is -4.23. The third-order valence-corrected chi connectivity index (χ3v) is 6.16. The second kappa shape index (κ2) is 16.0. The zero-order chi connectivity index (χ0) is 33.9. The molecule has 0 heterocycles. The Morgan fingerprint density at radius 1 is 0.773 bits per heavy atom. The van der Waals surface area contributed by atoms with E-state index in [0.29, 0.717) is 0 Å². The van der Waals surface area contributed by atoms with Gasteiger partial charge in [0, 0.05) is 30.7 Å². The molecular formula is C30H49N5O9. The molecule has 1 aromatic rings. The fourth-order valence-corrected chi connectivity index (χ4v) is 3.98. The number of rotatable bonds is 12. The van der Waals surface area contributed by atoms with Crippen molar-refractivity contribution in [2.24, 2.45) is 0 Å². The van der Waals surface area contributed by atoms with E-state index in [1.165, 1.54) is 0 Å². The molecule has 1 rings (SSSR count). The lowest BCUT2D eigenvalue weighted by Crippen LogP contribution is -2.60. The van der Waals surface area contributed by atoms with Gasteiger partial charge in [-0.05, 0) is 74.3 Å². The Morgan fingerprint density at radius 2 is 1.27 bits per heavy atom. The SMILES string of the molecule is CC(C)(C)OC(=O)N[C@@H](CCNC(=O)OCc1ccccc1)C(=O)NC(CN(C(=O)O)C(C)(C)C)CN(C(=O)O)C(C)(C)C. The van der Waals surface area contributed by atoms with E-state index in [0.717, 1.165) is 15.4 Å². The van der Waals surface area contributed by atoms with E-state index in [-0.39, 0.29) is 32.7 Å². The number of nitrogens with one attached hydrogen (secondary N) is 3. The van der Waals surface area contributed by atoms with Gasteiger partial charge in [0.25, 0.3) is 0 Å². The summed E-state index contributed by atoms with van der Waals surface area (Å²) in [5.41, 5.74) is -1.82. The van der Waals surface area contributed by atoms with Crippen LogP contribution in [0.2, 0.25) is 0 Å². The van der Waals surface area contributed by atoms with Gasteiger partial charge in [-0.25, -0.2) is 19.2 Å². The van der Waals surface area contributed by atoms with Crippen molar-refractivity contribution in [1.29, 1.82) is 0 Å². The van der Waals surface area contributed by atoms with Crippen LogP contribution in [0.4, 0.5) is 19.2 Å². The summed E-state index contributed by atoms with van der Waals surface area (Å²) in [6, 6.07) is 6.81. The first-order chi connectivity index (χ1) is 20.1. The van der Waals surface area contributed by atoms with Crippen molar-refractivity contribution < 1.29 is 43.7 Å². The highest BCUT2D eigenvalue weighted by Gasteiger charge is 2.35. The van der Waals surface area contributed by atoms with E-state index in [1.807, 2.05) is 18.2 Å². The normalized spacial score (nSPS) is 12.5. The number of ether oxygens (including phenoxy) is 2. The topological polar surface area (TPSA) is 187 Å². The molecule has 248 valence electrons. The van der Waals surface area contributed by atoms with Crippen molar-refractivity contribution >= 4 is 30.3 Å². The molecule has 0 aliphatic carbocycles. The molecule has 14 heteroatoms. The predicted octanol–water partition coefficient (Wildman–Crippen LogP) is 4.24. The van der Waals surface area contributed by atoms with Gasteiger partial charge in [-0.15, -0.1) is 0 Å².